The Labute approximate surface area is 84.3 Å². The van der Waals surface area contributed by atoms with Gasteiger partial charge < -0.3 is 11.1 Å². The molecule has 76 valence electrons. The number of benzene rings is 1. The Hall–Kier alpha value is -1.51. The summed E-state index contributed by atoms with van der Waals surface area (Å²) in [4.78, 5) is 11.4. The highest BCUT2D eigenvalue weighted by Gasteiger charge is 2.05. The zero-order valence-corrected chi connectivity index (χ0v) is 8.63. The Bertz CT molecular complexity index is 314. The standard InChI is InChI=1S/C11H16N2O/c1-3-5-10(14)13-11-8(2)6-4-7-9(11)12/h4,6-7H,3,5,12H2,1-2H3,(H,13,14). The summed E-state index contributed by atoms with van der Waals surface area (Å²) >= 11 is 0. The van der Waals surface area contributed by atoms with Crippen LogP contribution in [0, 0.1) is 6.92 Å². The molecule has 14 heavy (non-hydrogen) atoms. The molecule has 1 aromatic carbocycles. The maximum absolute atomic E-state index is 11.4. The van der Waals surface area contributed by atoms with Crippen molar-refractivity contribution in [1.29, 1.82) is 0 Å². The van der Waals surface area contributed by atoms with Crippen molar-refractivity contribution in [1.82, 2.24) is 0 Å². The average molecular weight is 192 g/mol. The molecule has 1 rings (SSSR count). The van der Waals surface area contributed by atoms with Gasteiger partial charge in [0.25, 0.3) is 0 Å². The van der Waals surface area contributed by atoms with E-state index in [1.807, 2.05) is 26.0 Å². The number of carbonyl (C=O) groups is 1. The minimum atomic E-state index is 0.0218. The number of nitrogens with two attached hydrogens (primary N) is 1. The molecule has 0 spiro atoms. The second kappa shape index (κ2) is 4.65. The van der Waals surface area contributed by atoms with Crippen LogP contribution in [0.5, 0.6) is 0 Å². The average Bonchev–Trinajstić information content (AvgIpc) is 2.12. The quantitative estimate of drug-likeness (QED) is 0.722. The Balaban J connectivity index is 2.80. The molecule has 3 heteroatoms. The monoisotopic (exact) mass is 192 g/mol. The lowest BCUT2D eigenvalue weighted by molar-refractivity contribution is -0.116. The van der Waals surface area contributed by atoms with Crippen LogP contribution in [0.2, 0.25) is 0 Å². The Morgan fingerprint density at radius 2 is 2.21 bits per heavy atom. The van der Waals surface area contributed by atoms with E-state index in [2.05, 4.69) is 5.32 Å². The predicted molar refractivity (Wildman–Crippen MR) is 59.1 cm³/mol. The van der Waals surface area contributed by atoms with Crippen LogP contribution in [0.25, 0.3) is 0 Å². The molecular weight excluding hydrogens is 176 g/mol. The summed E-state index contributed by atoms with van der Waals surface area (Å²) in [6, 6.07) is 5.59. The van der Waals surface area contributed by atoms with Gasteiger partial charge >= 0.3 is 0 Å². The lowest BCUT2D eigenvalue weighted by Crippen LogP contribution is -2.13. The molecule has 0 aliphatic heterocycles. The number of anilines is 2. The molecule has 0 radical (unpaired) electrons. The molecule has 0 saturated heterocycles. The van der Waals surface area contributed by atoms with E-state index in [9.17, 15) is 4.79 Å². The van der Waals surface area contributed by atoms with E-state index in [4.69, 9.17) is 5.73 Å². The molecule has 0 atom stereocenters. The first-order valence-electron chi connectivity index (χ1n) is 4.80. The largest absolute Gasteiger partial charge is 0.397 e. The van der Waals surface area contributed by atoms with Crippen molar-refractivity contribution in [3.63, 3.8) is 0 Å². The molecule has 0 heterocycles. The third kappa shape index (κ3) is 2.49. The van der Waals surface area contributed by atoms with E-state index in [1.54, 1.807) is 6.07 Å². The number of nitrogen functional groups attached to an aromatic ring is 1. The van der Waals surface area contributed by atoms with Gasteiger partial charge in [0.15, 0.2) is 0 Å². The van der Waals surface area contributed by atoms with Crippen LogP contribution in [-0.4, -0.2) is 5.91 Å². The number of hydrogen-bond acceptors (Lipinski definition) is 2. The molecule has 0 aromatic heterocycles. The molecule has 0 aliphatic rings. The van der Waals surface area contributed by atoms with Crippen molar-refractivity contribution in [3.8, 4) is 0 Å². The summed E-state index contributed by atoms with van der Waals surface area (Å²) in [5.41, 5.74) is 8.11. The van der Waals surface area contributed by atoms with Gasteiger partial charge in [-0.1, -0.05) is 19.1 Å². The van der Waals surface area contributed by atoms with Gasteiger partial charge in [0.05, 0.1) is 11.4 Å². The van der Waals surface area contributed by atoms with Gasteiger partial charge in [-0.05, 0) is 25.0 Å². The van der Waals surface area contributed by atoms with Crippen LogP contribution in [0.15, 0.2) is 18.2 Å². The van der Waals surface area contributed by atoms with E-state index in [1.165, 1.54) is 0 Å². The zero-order chi connectivity index (χ0) is 10.6. The van der Waals surface area contributed by atoms with Crippen molar-refractivity contribution >= 4 is 17.3 Å². The first-order valence-corrected chi connectivity index (χ1v) is 4.80. The van der Waals surface area contributed by atoms with Crippen LogP contribution in [0.1, 0.15) is 25.3 Å². The first kappa shape index (κ1) is 10.6. The fraction of sp³-hybridized carbons (Fsp3) is 0.364. The minimum Gasteiger partial charge on any atom is -0.397 e. The number of rotatable bonds is 3. The van der Waals surface area contributed by atoms with Crippen LogP contribution in [0.3, 0.4) is 0 Å². The SMILES string of the molecule is CCCC(=O)Nc1c(C)cccc1N. The maximum Gasteiger partial charge on any atom is 0.224 e. The fourth-order valence-corrected chi connectivity index (χ4v) is 1.29. The maximum atomic E-state index is 11.4. The van der Waals surface area contributed by atoms with Gasteiger partial charge in [-0.2, -0.15) is 0 Å². The molecule has 1 aromatic rings. The number of amides is 1. The summed E-state index contributed by atoms with van der Waals surface area (Å²) in [6.45, 7) is 3.90. The predicted octanol–water partition coefficient (Wildman–Crippen LogP) is 2.32. The number of para-hydroxylation sites is 1. The number of carbonyl (C=O) groups excluding carboxylic acids is 1. The molecule has 0 unspecified atom stereocenters. The van der Waals surface area contributed by atoms with Crippen molar-refractivity contribution in [2.45, 2.75) is 26.7 Å². The first-order chi connectivity index (χ1) is 6.65. The summed E-state index contributed by atoms with van der Waals surface area (Å²) in [5, 5.41) is 2.82. The number of aryl methyl sites for hydroxylation is 1. The second-order valence-corrected chi connectivity index (χ2v) is 3.34. The molecule has 0 saturated carbocycles. The number of hydrogen-bond donors (Lipinski definition) is 2. The van der Waals surface area contributed by atoms with E-state index in [-0.39, 0.29) is 5.91 Å². The van der Waals surface area contributed by atoms with Crippen LogP contribution >= 0.6 is 0 Å². The summed E-state index contributed by atoms with van der Waals surface area (Å²) in [5.74, 6) is 0.0218. The van der Waals surface area contributed by atoms with Crippen LogP contribution in [0.4, 0.5) is 11.4 Å². The lowest BCUT2D eigenvalue weighted by Gasteiger charge is -2.10. The van der Waals surface area contributed by atoms with Crippen molar-refractivity contribution < 1.29 is 4.79 Å². The Kier molecular flexibility index (Phi) is 3.51. The van der Waals surface area contributed by atoms with Gasteiger partial charge in [-0.15, -0.1) is 0 Å². The fourth-order valence-electron chi connectivity index (χ4n) is 1.29. The third-order valence-corrected chi connectivity index (χ3v) is 2.05. The van der Waals surface area contributed by atoms with Crippen molar-refractivity contribution in [2.24, 2.45) is 0 Å². The third-order valence-electron chi connectivity index (χ3n) is 2.05. The normalized spacial score (nSPS) is 9.86. The summed E-state index contributed by atoms with van der Waals surface area (Å²) < 4.78 is 0. The van der Waals surface area contributed by atoms with Crippen molar-refractivity contribution in [3.05, 3.63) is 23.8 Å². The van der Waals surface area contributed by atoms with E-state index in [0.29, 0.717) is 12.1 Å². The smallest absolute Gasteiger partial charge is 0.224 e. The molecule has 3 nitrogen and oxygen atoms in total. The van der Waals surface area contributed by atoms with E-state index < -0.39 is 0 Å². The highest BCUT2D eigenvalue weighted by molar-refractivity contribution is 5.94. The van der Waals surface area contributed by atoms with E-state index in [0.717, 1.165) is 17.7 Å². The molecule has 3 N–H and O–H groups in total. The highest BCUT2D eigenvalue weighted by Crippen LogP contribution is 2.22. The van der Waals surface area contributed by atoms with Gasteiger partial charge in [0.2, 0.25) is 5.91 Å². The molecule has 0 aliphatic carbocycles. The Morgan fingerprint density at radius 3 is 2.79 bits per heavy atom. The van der Waals surface area contributed by atoms with Crippen LogP contribution in [-0.2, 0) is 4.79 Å². The zero-order valence-electron chi connectivity index (χ0n) is 8.63. The molecule has 0 bridgehead atoms. The highest BCUT2D eigenvalue weighted by atomic mass is 16.1. The van der Waals surface area contributed by atoms with E-state index >= 15 is 0 Å². The van der Waals surface area contributed by atoms with Crippen molar-refractivity contribution in [2.75, 3.05) is 11.1 Å². The van der Waals surface area contributed by atoms with Crippen LogP contribution < -0.4 is 11.1 Å². The Morgan fingerprint density at radius 1 is 1.50 bits per heavy atom. The van der Waals surface area contributed by atoms with Gasteiger partial charge in [-0.3, -0.25) is 4.79 Å². The second-order valence-electron chi connectivity index (χ2n) is 3.34. The summed E-state index contributed by atoms with van der Waals surface area (Å²) in [6.07, 6.45) is 1.38. The minimum absolute atomic E-state index is 0.0218. The molecular formula is C11H16N2O. The molecule has 0 fully saturated rings. The number of nitrogens with one attached hydrogen (secondary N) is 1. The lowest BCUT2D eigenvalue weighted by atomic mass is 10.1. The molecule has 1 amide bonds. The van der Waals surface area contributed by atoms with Gasteiger partial charge in [0.1, 0.15) is 0 Å². The topological polar surface area (TPSA) is 55.1 Å². The van der Waals surface area contributed by atoms with Gasteiger partial charge in [0, 0.05) is 6.42 Å². The summed E-state index contributed by atoms with van der Waals surface area (Å²) in [7, 11) is 0. The van der Waals surface area contributed by atoms with Gasteiger partial charge in [-0.25, -0.2) is 0 Å².